The highest BCUT2D eigenvalue weighted by Crippen LogP contribution is 2.24. The molecule has 1 saturated heterocycles. The molecule has 0 aromatic rings. The van der Waals surface area contributed by atoms with E-state index < -0.39 is 12.1 Å². The Morgan fingerprint density at radius 1 is 1.41 bits per heavy atom. The van der Waals surface area contributed by atoms with Crippen LogP contribution in [0.2, 0.25) is 0 Å². The molecule has 1 aliphatic rings. The van der Waals surface area contributed by atoms with Crippen LogP contribution in [0.3, 0.4) is 0 Å². The third kappa shape index (κ3) is 4.64. The zero-order valence-corrected chi connectivity index (χ0v) is 11.4. The number of hydrogen-bond donors (Lipinski definition) is 1. The Morgan fingerprint density at radius 2 is 1.94 bits per heavy atom. The van der Waals surface area contributed by atoms with Crippen LogP contribution in [0.15, 0.2) is 0 Å². The van der Waals surface area contributed by atoms with Crippen LogP contribution in [-0.2, 0) is 9.53 Å². The fourth-order valence-electron chi connectivity index (χ4n) is 2.41. The number of likely N-dealkylation sites (tertiary alicyclic amines) is 1. The second kappa shape index (κ2) is 5.83. The van der Waals surface area contributed by atoms with Gasteiger partial charge >= 0.3 is 5.97 Å². The van der Waals surface area contributed by atoms with E-state index >= 15 is 0 Å². The number of hydrogen-bond acceptors (Lipinski definition) is 4. The van der Waals surface area contributed by atoms with E-state index in [0.717, 1.165) is 32.5 Å². The van der Waals surface area contributed by atoms with Crippen LogP contribution in [0.25, 0.3) is 0 Å². The maximum Gasteiger partial charge on any atom is 0.334 e. The lowest BCUT2D eigenvalue weighted by Gasteiger charge is -2.36. The summed E-state index contributed by atoms with van der Waals surface area (Å²) in [6, 6.07) is 0. The number of carbonyl (C=O) groups is 1. The van der Waals surface area contributed by atoms with E-state index in [1.165, 1.54) is 7.11 Å². The summed E-state index contributed by atoms with van der Waals surface area (Å²) >= 11 is 0. The van der Waals surface area contributed by atoms with Gasteiger partial charge in [-0.1, -0.05) is 20.8 Å². The van der Waals surface area contributed by atoms with Crippen molar-refractivity contribution in [1.82, 2.24) is 4.90 Å². The van der Waals surface area contributed by atoms with Gasteiger partial charge < -0.3 is 14.7 Å². The van der Waals surface area contributed by atoms with Gasteiger partial charge in [0, 0.05) is 6.54 Å². The first-order chi connectivity index (χ1) is 7.83. The molecule has 0 saturated carbocycles. The van der Waals surface area contributed by atoms with Crippen molar-refractivity contribution in [2.45, 2.75) is 39.7 Å². The van der Waals surface area contributed by atoms with Gasteiger partial charge in [0.2, 0.25) is 0 Å². The molecule has 1 N–H and O–H groups in total. The second-order valence-electron chi connectivity index (χ2n) is 6.14. The SMILES string of the molecule is COC(=O)C(O)C1CCN(CC(C)(C)C)CC1. The molecule has 4 nitrogen and oxygen atoms in total. The Labute approximate surface area is 104 Å². The molecule has 17 heavy (non-hydrogen) atoms. The smallest absolute Gasteiger partial charge is 0.334 e. The Hall–Kier alpha value is -0.610. The second-order valence-corrected chi connectivity index (χ2v) is 6.14. The molecule has 0 aromatic carbocycles. The minimum Gasteiger partial charge on any atom is -0.467 e. The van der Waals surface area contributed by atoms with Crippen molar-refractivity contribution < 1.29 is 14.6 Å². The molecule has 0 radical (unpaired) electrons. The van der Waals surface area contributed by atoms with Gasteiger partial charge in [0.25, 0.3) is 0 Å². The fraction of sp³-hybridized carbons (Fsp3) is 0.923. The molecule has 0 bridgehead atoms. The minimum absolute atomic E-state index is 0.0543. The van der Waals surface area contributed by atoms with Gasteiger partial charge in [0.15, 0.2) is 6.10 Å². The van der Waals surface area contributed by atoms with E-state index in [1.54, 1.807) is 0 Å². The van der Waals surface area contributed by atoms with Crippen molar-refractivity contribution in [2.24, 2.45) is 11.3 Å². The summed E-state index contributed by atoms with van der Waals surface area (Å²) in [5, 5.41) is 9.77. The zero-order chi connectivity index (χ0) is 13.1. The van der Waals surface area contributed by atoms with Crippen LogP contribution in [-0.4, -0.2) is 48.8 Å². The number of rotatable bonds is 3. The number of nitrogens with zero attached hydrogens (tertiary/aromatic N) is 1. The molecular formula is C13H25NO3. The summed E-state index contributed by atoms with van der Waals surface area (Å²) in [5.74, 6) is -0.446. The first-order valence-corrected chi connectivity index (χ1v) is 6.32. The zero-order valence-electron chi connectivity index (χ0n) is 11.4. The van der Waals surface area contributed by atoms with Crippen LogP contribution >= 0.6 is 0 Å². The van der Waals surface area contributed by atoms with E-state index in [4.69, 9.17) is 0 Å². The Morgan fingerprint density at radius 3 is 2.35 bits per heavy atom. The van der Waals surface area contributed by atoms with Gasteiger partial charge in [0.1, 0.15) is 0 Å². The first-order valence-electron chi connectivity index (χ1n) is 6.32. The van der Waals surface area contributed by atoms with Gasteiger partial charge in [0.05, 0.1) is 7.11 Å². The van der Waals surface area contributed by atoms with E-state index in [0.29, 0.717) is 5.41 Å². The highest BCUT2D eigenvalue weighted by molar-refractivity contribution is 5.74. The average molecular weight is 243 g/mol. The molecule has 0 aliphatic carbocycles. The van der Waals surface area contributed by atoms with Crippen molar-refractivity contribution in [3.8, 4) is 0 Å². The number of carbonyl (C=O) groups excluding carboxylic acids is 1. The maximum absolute atomic E-state index is 11.2. The molecule has 0 amide bonds. The fourth-order valence-corrected chi connectivity index (χ4v) is 2.41. The Kier molecular flexibility index (Phi) is 4.95. The van der Waals surface area contributed by atoms with E-state index in [1.807, 2.05) is 0 Å². The molecule has 4 heteroatoms. The van der Waals surface area contributed by atoms with E-state index in [-0.39, 0.29) is 5.92 Å². The first kappa shape index (κ1) is 14.5. The van der Waals surface area contributed by atoms with E-state index in [2.05, 4.69) is 30.4 Å². The number of piperidine rings is 1. The lowest BCUT2D eigenvalue weighted by atomic mass is 9.89. The maximum atomic E-state index is 11.2. The van der Waals surface area contributed by atoms with Crippen molar-refractivity contribution in [3.63, 3.8) is 0 Å². The Balaban J connectivity index is 2.38. The highest BCUT2D eigenvalue weighted by atomic mass is 16.5. The number of ether oxygens (including phenoxy) is 1. The predicted octanol–water partition coefficient (Wildman–Crippen LogP) is 1.28. The lowest BCUT2D eigenvalue weighted by Crippen LogP contribution is -2.43. The van der Waals surface area contributed by atoms with Gasteiger partial charge in [-0.05, 0) is 37.3 Å². The van der Waals surface area contributed by atoms with Crippen LogP contribution in [0.5, 0.6) is 0 Å². The summed E-state index contributed by atoms with van der Waals surface area (Å²) in [7, 11) is 1.32. The third-order valence-corrected chi connectivity index (χ3v) is 3.22. The monoisotopic (exact) mass is 243 g/mol. The molecule has 0 aromatic heterocycles. The molecular weight excluding hydrogens is 218 g/mol. The molecule has 1 fully saturated rings. The molecule has 100 valence electrons. The molecule has 1 unspecified atom stereocenters. The van der Waals surface area contributed by atoms with Crippen LogP contribution in [0, 0.1) is 11.3 Å². The molecule has 1 rings (SSSR count). The normalized spacial score (nSPS) is 21.2. The third-order valence-electron chi connectivity index (χ3n) is 3.22. The van der Waals surface area contributed by atoms with Crippen LogP contribution < -0.4 is 0 Å². The van der Waals surface area contributed by atoms with E-state index in [9.17, 15) is 9.90 Å². The molecule has 1 atom stereocenters. The van der Waals surface area contributed by atoms with Gasteiger partial charge in [-0.15, -0.1) is 0 Å². The van der Waals surface area contributed by atoms with Gasteiger partial charge in [-0.25, -0.2) is 4.79 Å². The topological polar surface area (TPSA) is 49.8 Å². The summed E-state index contributed by atoms with van der Waals surface area (Å²) in [4.78, 5) is 13.6. The van der Waals surface area contributed by atoms with Crippen molar-refractivity contribution in [1.29, 1.82) is 0 Å². The summed E-state index contributed by atoms with van der Waals surface area (Å²) in [6.45, 7) is 9.65. The number of methoxy groups -OCH3 is 1. The van der Waals surface area contributed by atoms with Crippen molar-refractivity contribution >= 4 is 5.97 Å². The predicted molar refractivity (Wildman–Crippen MR) is 66.6 cm³/mol. The largest absolute Gasteiger partial charge is 0.467 e. The minimum atomic E-state index is -0.947. The quantitative estimate of drug-likeness (QED) is 0.759. The average Bonchev–Trinajstić information content (AvgIpc) is 2.26. The molecule has 1 heterocycles. The molecule has 1 aliphatic heterocycles. The standard InChI is InChI=1S/C13H25NO3/c1-13(2,3)9-14-7-5-10(6-8-14)11(15)12(16)17-4/h10-11,15H,5-9H2,1-4H3. The summed E-state index contributed by atoms with van der Waals surface area (Å²) in [5.41, 5.74) is 0.299. The summed E-state index contributed by atoms with van der Waals surface area (Å²) < 4.78 is 4.57. The van der Waals surface area contributed by atoms with Gasteiger partial charge in [-0.2, -0.15) is 0 Å². The summed E-state index contributed by atoms with van der Waals surface area (Å²) in [6.07, 6.45) is 0.787. The number of aliphatic hydroxyl groups excluding tert-OH is 1. The molecule has 0 spiro atoms. The van der Waals surface area contributed by atoms with Crippen LogP contribution in [0.4, 0.5) is 0 Å². The van der Waals surface area contributed by atoms with Crippen molar-refractivity contribution in [3.05, 3.63) is 0 Å². The highest BCUT2D eigenvalue weighted by Gasteiger charge is 2.31. The van der Waals surface area contributed by atoms with Gasteiger partial charge in [-0.3, -0.25) is 0 Å². The lowest BCUT2D eigenvalue weighted by molar-refractivity contribution is -0.154. The van der Waals surface area contributed by atoms with Crippen LogP contribution in [0.1, 0.15) is 33.6 Å². The number of aliphatic hydroxyl groups is 1. The Bertz CT molecular complexity index is 252. The van der Waals surface area contributed by atoms with Crippen molar-refractivity contribution in [2.75, 3.05) is 26.7 Å². The number of esters is 1.